The number of anilines is 3. The lowest BCUT2D eigenvalue weighted by atomic mass is 9.96. The molecule has 1 atom stereocenters. The molecule has 4 rings (SSSR count). The molecule has 8 heteroatoms. The fourth-order valence-corrected chi connectivity index (χ4v) is 5.52. The molecule has 2 aliphatic rings. The van der Waals surface area contributed by atoms with Crippen LogP contribution in [0.2, 0.25) is 0 Å². The molecule has 1 aromatic carbocycles. The number of halogens is 1. The van der Waals surface area contributed by atoms with Crippen molar-refractivity contribution in [3.63, 3.8) is 0 Å². The summed E-state index contributed by atoms with van der Waals surface area (Å²) in [6.45, 7) is 11.4. The van der Waals surface area contributed by atoms with E-state index >= 15 is 0 Å². The highest BCUT2D eigenvalue weighted by molar-refractivity contribution is 9.10. The first-order chi connectivity index (χ1) is 15.2. The molecule has 1 unspecified atom stereocenters. The zero-order chi connectivity index (χ0) is 23.2. The van der Waals surface area contributed by atoms with Gasteiger partial charge in [-0.3, -0.25) is 14.5 Å². The third-order valence-corrected chi connectivity index (χ3v) is 6.80. The Hall–Kier alpha value is -2.48. The molecule has 2 aromatic rings. The molecular weight excluding hydrogens is 472 g/mol. The van der Waals surface area contributed by atoms with Crippen molar-refractivity contribution in [2.45, 2.75) is 53.4 Å². The Bertz CT molecular complexity index is 1060. The largest absolute Gasteiger partial charge is 0.466 e. The second-order valence-electron chi connectivity index (χ2n) is 8.63. The first-order valence-electron chi connectivity index (χ1n) is 11.1. The number of hydrogen-bond acceptors (Lipinski definition) is 6. The van der Waals surface area contributed by atoms with Crippen molar-refractivity contribution in [1.82, 2.24) is 9.97 Å². The molecule has 3 heterocycles. The van der Waals surface area contributed by atoms with Gasteiger partial charge in [-0.25, -0.2) is 9.97 Å². The molecule has 0 radical (unpaired) electrons. The topological polar surface area (TPSA) is 75.6 Å². The molecule has 0 N–H and O–H groups in total. The second-order valence-corrected chi connectivity index (χ2v) is 9.54. The third-order valence-electron chi connectivity index (χ3n) is 6.35. The van der Waals surface area contributed by atoms with E-state index in [1.807, 2.05) is 46.8 Å². The van der Waals surface area contributed by atoms with Gasteiger partial charge in [-0.1, -0.05) is 15.9 Å². The van der Waals surface area contributed by atoms with Crippen LogP contribution in [0.3, 0.4) is 0 Å². The van der Waals surface area contributed by atoms with Gasteiger partial charge in [-0.2, -0.15) is 0 Å². The molecule has 0 aliphatic carbocycles. The molecule has 2 aliphatic heterocycles. The number of carbonyl (C=O) groups is 2. The normalized spacial score (nSPS) is 18.8. The van der Waals surface area contributed by atoms with Gasteiger partial charge in [0, 0.05) is 17.6 Å². The molecule has 0 saturated carbocycles. The summed E-state index contributed by atoms with van der Waals surface area (Å²) in [6.07, 6.45) is 1.43. The van der Waals surface area contributed by atoms with Crippen LogP contribution < -0.4 is 9.80 Å². The number of fused-ring (bicyclic) bond motifs is 1. The summed E-state index contributed by atoms with van der Waals surface area (Å²) in [7, 11) is 0. The van der Waals surface area contributed by atoms with Gasteiger partial charge in [-0.05, 0) is 70.7 Å². The Labute approximate surface area is 197 Å². The van der Waals surface area contributed by atoms with Crippen molar-refractivity contribution in [2.75, 3.05) is 29.5 Å². The number of benzene rings is 1. The van der Waals surface area contributed by atoms with Gasteiger partial charge in [0.15, 0.2) is 0 Å². The minimum absolute atomic E-state index is 0.0103. The van der Waals surface area contributed by atoms with Crippen molar-refractivity contribution in [3.05, 3.63) is 39.1 Å². The summed E-state index contributed by atoms with van der Waals surface area (Å²) in [5.41, 5.74) is 3.78. The van der Waals surface area contributed by atoms with Crippen LogP contribution in [-0.4, -0.2) is 41.5 Å². The molecule has 0 bridgehead atoms. The summed E-state index contributed by atoms with van der Waals surface area (Å²) in [6, 6.07) is 4.04. The Morgan fingerprint density at radius 3 is 2.31 bits per heavy atom. The average Bonchev–Trinajstić information content (AvgIpc) is 2.98. The molecule has 1 fully saturated rings. The van der Waals surface area contributed by atoms with Crippen LogP contribution in [0, 0.1) is 26.7 Å². The minimum atomic E-state index is -0.342. The number of aryl methyl sites for hydroxylation is 3. The van der Waals surface area contributed by atoms with E-state index in [0.717, 1.165) is 32.7 Å². The van der Waals surface area contributed by atoms with Gasteiger partial charge in [0.25, 0.3) is 0 Å². The molecule has 1 amide bonds. The first kappa shape index (κ1) is 22.7. The maximum absolute atomic E-state index is 13.5. The first-order valence-corrected chi connectivity index (χ1v) is 11.9. The standard InChI is InChI=1S/C24H29BrN4O3/c1-6-32-24(31)17-7-9-28(10-8-17)21-19-15(4)23(30)29(22(19)27-16(5)26-21)20-13(2)11-18(25)12-14(20)3/h11-12,15,17H,6-10H2,1-5H3. The zero-order valence-corrected chi connectivity index (χ0v) is 20.8. The van der Waals surface area contributed by atoms with Gasteiger partial charge < -0.3 is 9.64 Å². The molecule has 1 aromatic heterocycles. The third kappa shape index (κ3) is 3.89. The molecule has 170 valence electrons. The van der Waals surface area contributed by atoms with E-state index in [9.17, 15) is 9.59 Å². The SMILES string of the molecule is CCOC(=O)C1CCN(c2nc(C)nc3c2C(C)C(=O)N3c2c(C)cc(Br)cc2C)CC1. The summed E-state index contributed by atoms with van der Waals surface area (Å²) in [4.78, 5) is 39.1. The summed E-state index contributed by atoms with van der Waals surface area (Å²) in [5, 5.41) is 0. The zero-order valence-electron chi connectivity index (χ0n) is 19.2. The van der Waals surface area contributed by atoms with Crippen LogP contribution in [0.5, 0.6) is 0 Å². The Balaban J connectivity index is 1.72. The van der Waals surface area contributed by atoms with Gasteiger partial charge in [0.2, 0.25) is 5.91 Å². The van der Waals surface area contributed by atoms with Crippen LogP contribution in [0.25, 0.3) is 0 Å². The summed E-state index contributed by atoms with van der Waals surface area (Å²) < 4.78 is 6.19. The monoisotopic (exact) mass is 500 g/mol. The van der Waals surface area contributed by atoms with Gasteiger partial charge in [0.1, 0.15) is 17.5 Å². The van der Waals surface area contributed by atoms with Crippen LogP contribution in [0.15, 0.2) is 16.6 Å². The number of carbonyl (C=O) groups excluding carboxylic acids is 2. The molecule has 1 saturated heterocycles. The van der Waals surface area contributed by atoms with E-state index in [2.05, 4.69) is 20.8 Å². The molecule has 0 spiro atoms. The number of esters is 1. The van der Waals surface area contributed by atoms with E-state index in [4.69, 9.17) is 14.7 Å². The van der Waals surface area contributed by atoms with Crippen LogP contribution in [-0.2, 0) is 14.3 Å². The molecule has 32 heavy (non-hydrogen) atoms. The summed E-state index contributed by atoms with van der Waals surface area (Å²) >= 11 is 3.55. The lowest BCUT2D eigenvalue weighted by Crippen LogP contribution is -2.38. The number of aromatic nitrogens is 2. The van der Waals surface area contributed by atoms with Crippen LogP contribution >= 0.6 is 15.9 Å². The number of piperidine rings is 1. The lowest BCUT2D eigenvalue weighted by molar-refractivity contribution is -0.148. The minimum Gasteiger partial charge on any atom is -0.466 e. The smallest absolute Gasteiger partial charge is 0.309 e. The predicted molar refractivity (Wildman–Crippen MR) is 128 cm³/mol. The maximum Gasteiger partial charge on any atom is 0.309 e. The van der Waals surface area contributed by atoms with Gasteiger partial charge in [0.05, 0.1) is 29.7 Å². The molecular formula is C24H29BrN4O3. The maximum atomic E-state index is 13.5. The highest BCUT2D eigenvalue weighted by Crippen LogP contribution is 2.47. The number of amides is 1. The van der Waals surface area contributed by atoms with Gasteiger partial charge >= 0.3 is 5.97 Å². The summed E-state index contributed by atoms with van der Waals surface area (Å²) in [5.74, 6) is 1.59. The Morgan fingerprint density at radius 1 is 1.12 bits per heavy atom. The highest BCUT2D eigenvalue weighted by atomic mass is 79.9. The van der Waals surface area contributed by atoms with Crippen LogP contribution in [0.4, 0.5) is 17.3 Å². The predicted octanol–water partition coefficient (Wildman–Crippen LogP) is 4.73. The van der Waals surface area contributed by atoms with E-state index < -0.39 is 0 Å². The van der Waals surface area contributed by atoms with Crippen molar-refractivity contribution < 1.29 is 14.3 Å². The van der Waals surface area contributed by atoms with Crippen molar-refractivity contribution in [2.24, 2.45) is 5.92 Å². The van der Waals surface area contributed by atoms with E-state index in [-0.39, 0.29) is 23.7 Å². The van der Waals surface area contributed by atoms with Crippen molar-refractivity contribution >= 4 is 45.1 Å². The number of nitrogens with zero attached hydrogens (tertiary/aromatic N) is 4. The van der Waals surface area contributed by atoms with E-state index in [0.29, 0.717) is 44.2 Å². The Kier molecular flexibility index (Phi) is 6.25. The van der Waals surface area contributed by atoms with Crippen molar-refractivity contribution in [3.8, 4) is 0 Å². The second kappa shape index (κ2) is 8.81. The fraction of sp³-hybridized carbons (Fsp3) is 0.500. The Morgan fingerprint density at radius 2 is 1.72 bits per heavy atom. The highest BCUT2D eigenvalue weighted by Gasteiger charge is 2.42. The number of ether oxygens (including phenoxy) is 1. The van der Waals surface area contributed by atoms with E-state index in [1.165, 1.54) is 0 Å². The fourth-order valence-electron chi connectivity index (χ4n) is 4.83. The van der Waals surface area contributed by atoms with E-state index in [1.54, 1.807) is 4.90 Å². The van der Waals surface area contributed by atoms with Gasteiger partial charge in [-0.15, -0.1) is 0 Å². The average molecular weight is 501 g/mol. The quantitative estimate of drug-likeness (QED) is 0.565. The lowest BCUT2D eigenvalue weighted by Gasteiger charge is -2.33. The number of rotatable bonds is 4. The van der Waals surface area contributed by atoms with Crippen LogP contribution in [0.1, 0.15) is 55.1 Å². The van der Waals surface area contributed by atoms with Crippen molar-refractivity contribution in [1.29, 1.82) is 0 Å². The number of hydrogen-bond donors (Lipinski definition) is 0. The molecule has 7 nitrogen and oxygen atoms in total.